The molecular formula is C22H28N2O2. The topological polar surface area (TPSA) is 41.6 Å². The van der Waals surface area contributed by atoms with E-state index in [2.05, 4.69) is 41.4 Å². The van der Waals surface area contributed by atoms with Gasteiger partial charge in [0.15, 0.2) is 0 Å². The van der Waals surface area contributed by atoms with Crippen LogP contribution < -0.4 is 10.1 Å². The van der Waals surface area contributed by atoms with E-state index in [9.17, 15) is 4.79 Å². The van der Waals surface area contributed by atoms with E-state index < -0.39 is 0 Å². The van der Waals surface area contributed by atoms with Crippen LogP contribution in [0.25, 0.3) is 0 Å². The molecule has 2 aromatic rings. The van der Waals surface area contributed by atoms with E-state index in [1.807, 2.05) is 12.1 Å². The summed E-state index contributed by atoms with van der Waals surface area (Å²) in [7, 11) is 1.58. The fourth-order valence-corrected chi connectivity index (χ4v) is 3.35. The van der Waals surface area contributed by atoms with Gasteiger partial charge in [-0.05, 0) is 55.1 Å². The number of ether oxygens (including phenoxy) is 1. The van der Waals surface area contributed by atoms with Crippen molar-refractivity contribution in [3.63, 3.8) is 0 Å². The monoisotopic (exact) mass is 352 g/mol. The number of likely N-dealkylation sites (tertiary alicyclic amines) is 1. The molecule has 138 valence electrons. The lowest BCUT2D eigenvalue weighted by atomic mass is 9.99. The lowest BCUT2D eigenvalue weighted by Crippen LogP contribution is -2.32. The second kappa shape index (κ2) is 8.86. The van der Waals surface area contributed by atoms with Crippen molar-refractivity contribution in [2.75, 3.05) is 20.2 Å². The summed E-state index contributed by atoms with van der Waals surface area (Å²) in [5, 5.41) is 2.97. The van der Waals surface area contributed by atoms with Crippen LogP contribution in [0, 0.1) is 5.92 Å². The van der Waals surface area contributed by atoms with Gasteiger partial charge in [-0.3, -0.25) is 9.69 Å². The Morgan fingerprint density at radius 3 is 2.42 bits per heavy atom. The normalized spacial score (nSPS) is 15.6. The van der Waals surface area contributed by atoms with Gasteiger partial charge in [0.05, 0.1) is 12.7 Å². The van der Waals surface area contributed by atoms with Gasteiger partial charge in [0.25, 0.3) is 5.91 Å². The number of hydrogen-bond acceptors (Lipinski definition) is 3. The second-order valence-corrected chi connectivity index (χ2v) is 7.16. The maximum atomic E-state index is 12.4. The van der Waals surface area contributed by atoms with E-state index in [0.717, 1.165) is 18.0 Å². The Balaban J connectivity index is 1.52. The molecule has 4 nitrogen and oxygen atoms in total. The first-order valence-electron chi connectivity index (χ1n) is 9.37. The number of para-hydroxylation sites is 1. The van der Waals surface area contributed by atoms with E-state index in [0.29, 0.717) is 17.9 Å². The molecule has 1 heterocycles. The number of nitrogens with zero attached hydrogens (tertiary/aromatic N) is 1. The van der Waals surface area contributed by atoms with E-state index in [1.54, 1.807) is 19.2 Å². The molecule has 3 rings (SSSR count). The predicted octanol–water partition coefficient (Wildman–Crippen LogP) is 3.86. The summed E-state index contributed by atoms with van der Waals surface area (Å²) >= 11 is 0. The molecule has 0 aromatic heterocycles. The number of carbonyl (C=O) groups excluding carboxylic acids is 1. The first kappa shape index (κ1) is 18.5. The Labute approximate surface area is 156 Å². The second-order valence-electron chi connectivity index (χ2n) is 7.16. The summed E-state index contributed by atoms with van der Waals surface area (Å²) in [6, 6.07) is 15.8. The van der Waals surface area contributed by atoms with E-state index in [1.165, 1.54) is 31.5 Å². The standard InChI is InChI=1S/C22H28N2O2/c1-17-11-13-24(14-12-17)16-19-9-7-18(8-10-19)15-23-22(25)20-5-3-4-6-21(20)26-2/h3-10,17H,11-16H2,1-2H3,(H,23,25). The molecule has 1 amide bonds. The molecular weight excluding hydrogens is 324 g/mol. The van der Waals surface area contributed by atoms with Gasteiger partial charge < -0.3 is 10.1 Å². The number of piperidine rings is 1. The van der Waals surface area contributed by atoms with Gasteiger partial charge >= 0.3 is 0 Å². The van der Waals surface area contributed by atoms with Crippen LogP contribution >= 0.6 is 0 Å². The van der Waals surface area contributed by atoms with Crippen LogP contribution in [-0.4, -0.2) is 31.0 Å². The average Bonchev–Trinajstić information content (AvgIpc) is 2.69. The summed E-state index contributed by atoms with van der Waals surface area (Å²) in [6.45, 7) is 6.25. The van der Waals surface area contributed by atoms with Crippen molar-refractivity contribution in [2.24, 2.45) is 5.92 Å². The lowest BCUT2D eigenvalue weighted by Gasteiger charge is -2.30. The summed E-state index contributed by atoms with van der Waals surface area (Å²) < 4.78 is 5.25. The third-order valence-electron chi connectivity index (χ3n) is 5.11. The minimum atomic E-state index is -0.117. The van der Waals surface area contributed by atoms with Crippen LogP contribution in [0.1, 0.15) is 41.3 Å². The zero-order chi connectivity index (χ0) is 18.4. The molecule has 4 heteroatoms. The van der Waals surface area contributed by atoms with Crippen LogP contribution in [-0.2, 0) is 13.1 Å². The molecule has 1 fully saturated rings. The van der Waals surface area contributed by atoms with Gasteiger partial charge in [-0.25, -0.2) is 0 Å². The number of carbonyl (C=O) groups is 1. The number of benzene rings is 2. The van der Waals surface area contributed by atoms with Crippen molar-refractivity contribution in [1.29, 1.82) is 0 Å². The summed E-state index contributed by atoms with van der Waals surface area (Å²) in [5.74, 6) is 1.34. The van der Waals surface area contributed by atoms with Gasteiger partial charge in [0.1, 0.15) is 5.75 Å². The van der Waals surface area contributed by atoms with Gasteiger partial charge in [-0.2, -0.15) is 0 Å². The molecule has 0 bridgehead atoms. The van der Waals surface area contributed by atoms with Crippen LogP contribution in [0.3, 0.4) is 0 Å². The maximum absolute atomic E-state index is 12.4. The van der Waals surface area contributed by atoms with Gasteiger partial charge in [0, 0.05) is 13.1 Å². The number of rotatable bonds is 6. The minimum Gasteiger partial charge on any atom is -0.496 e. The Morgan fingerprint density at radius 1 is 1.08 bits per heavy atom. The summed E-state index contributed by atoms with van der Waals surface area (Å²) in [5.41, 5.74) is 2.99. The van der Waals surface area contributed by atoms with E-state index in [4.69, 9.17) is 4.74 Å². The van der Waals surface area contributed by atoms with Gasteiger partial charge in [-0.15, -0.1) is 0 Å². The number of methoxy groups -OCH3 is 1. The molecule has 2 aromatic carbocycles. The molecule has 0 spiro atoms. The molecule has 0 aliphatic carbocycles. The fraction of sp³-hybridized carbons (Fsp3) is 0.409. The summed E-state index contributed by atoms with van der Waals surface area (Å²) in [6.07, 6.45) is 2.60. The van der Waals surface area contributed by atoms with Crippen molar-refractivity contribution in [2.45, 2.75) is 32.9 Å². The first-order chi connectivity index (χ1) is 12.7. The van der Waals surface area contributed by atoms with Crippen molar-refractivity contribution in [3.8, 4) is 5.75 Å². The minimum absolute atomic E-state index is 0.117. The highest BCUT2D eigenvalue weighted by molar-refractivity contribution is 5.96. The zero-order valence-corrected chi connectivity index (χ0v) is 15.7. The third kappa shape index (κ3) is 4.85. The highest BCUT2D eigenvalue weighted by Gasteiger charge is 2.15. The zero-order valence-electron chi connectivity index (χ0n) is 15.7. The lowest BCUT2D eigenvalue weighted by molar-refractivity contribution is 0.0948. The number of hydrogen-bond donors (Lipinski definition) is 1. The number of amides is 1. The largest absolute Gasteiger partial charge is 0.496 e. The molecule has 1 aliphatic heterocycles. The molecule has 26 heavy (non-hydrogen) atoms. The highest BCUT2D eigenvalue weighted by atomic mass is 16.5. The Bertz CT molecular complexity index is 719. The third-order valence-corrected chi connectivity index (χ3v) is 5.11. The fourth-order valence-electron chi connectivity index (χ4n) is 3.35. The summed E-state index contributed by atoms with van der Waals surface area (Å²) in [4.78, 5) is 14.9. The Morgan fingerprint density at radius 2 is 1.73 bits per heavy atom. The van der Waals surface area contributed by atoms with Crippen LogP contribution in [0.15, 0.2) is 48.5 Å². The number of nitrogens with one attached hydrogen (secondary N) is 1. The van der Waals surface area contributed by atoms with Crippen LogP contribution in [0.4, 0.5) is 0 Å². The predicted molar refractivity (Wildman–Crippen MR) is 104 cm³/mol. The highest BCUT2D eigenvalue weighted by Crippen LogP contribution is 2.19. The molecule has 1 aliphatic rings. The maximum Gasteiger partial charge on any atom is 0.255 e. The van der Waals surface area contributed by atoms with E-state index in [-0.39, 0.29) is 5.91 Å². The molecule has 0 unspecified atom stereocenters. The van der Waals surface area contributed by atoms with Gasteiger partial charge in [-0.1, -0.05) is 43.3 Å². The van der Waals surface area contributed by atoms with Crippen molar-refractivity contribution < 1.29 is 9.53 Å². The van der Waals surface area contributed by atoms with Crippen LogP contribution in [0.5, 0.6) is 5.75 Å². The van der Waals surface area contributed by atoms with Crippen LogP contribution in [0.2, 0.25) is 0 Å². The van der Waals surface area contributed by atoms with Crippen molar-refractivity contribution in [1.82, 2.24) is 10.2 Å². The Hall–Kier alpha value is -2.33. The molecule has 1 saturated heterocycles. The van der Waals surface area contributed by atoms with Crippen molar-refractivity contribution in [3.05, 3.63) is 65.2 Å². The SMILES string of the molecule is COc1ccccc1C(=O)NCc1ccc(CN2CCC(C)CC2)cc1. The van der Waals surface area contributed by atoms with Crippen molar-refractivity contribution >= 4 is 5.91 Å². The molecule has 1 N–H and O–H groups in total. The van der Waals surface area contributed by atoms with Gasteiger partial charge in [0.2, 0.25) is 0 Å². The van der Waals surface area contributed by atoms with E-state index >= 15 is 0 Å². The quantitative estimate of drug-likeness (QED) is 0.858. The molecule has 0 saturated carbocycles. The smallest absolute Gasteiger partial charge is 0.255 e. The Kier molecular flexibility index (Phi) is 6.29. The molecule has 0 radical (unpaired) electrons. The molecule has 0 atom stereocenters. The first-order valence-corrected chi connectivity index (χ1v) is 9.37. The average molecular weight is 352 g/mol.